The zero-order valence-electron chi connectivity index (χ0n) is 12.0. The Bertz CT molecular complexity index is 684. The number of aromatic hydroxyl groups is 2. The second kappa shape index (κ2) is 7.12. The van der Waals surface area contributed by atoms with Crippen LogP contribution in [0.3, 0.4) is 0 Å². The van der Waals surface area contributed by atoms with Crippen molar-refractivity contribution in [3.05, 3.63) is 54.1 Å². The zero-order valence-corrected chi connectivity index (χ0v) is 12.0. The standard InChI is InChI=1S/C16H16N2O4/c1-11(14-8-7-12(19)9-15(14)20)17-18-16(21)10-22-13-5-3-2-4-6-13/h2-9,19-20H,10H2,1H3,(H,18,21)/b17-11-. The number of rotatable bonds is 5. The molecule has 2 aromatic rings. The van der Waals surface area contributed by atoms with Gasteiger partial charge in [0, 0.05) is 11.6 Å². The molecule has 0 atom stereocenters. The first-order chi connectivity index (χ1) is 10.6. The van der Waals surface area contributed by atoms with Gasteiger partial charge in [0.1, 0.15) is 17.2 Å². The van der Waals surface area contributed by atoms with Crippen molar-refractivity contribution in [3.63, 3.8) is 0 Å². The van der Waals surface area contributed by atoms with Gasteiger partial charge in [-0.1, -0.05) is 18.2 Å². The molecule has 0 aliphatic rings. The van der Waals surface area contributed by atoms with Crippen LogP contribution in [-0.2, 0) is 4.79 Å². The summed E-state index contributed by atoms with van der Waals surface area (Å²) in [6.07, 6.45) is 0. The molecule has 6 heteroatoms. The summed E-state index contributed by atoms with van der Waals surface area (Å²) in [6, 6.07) is 13.1. The lowest BCUT2D eigenvalue weighted by Crippen LogP contribution is -2.25. The van der Waals surface area contributed by atoms with Gasteiger partial charge in [-0.3, -0.25) is 4.79 Å². The summed E-state index contributed by atoms with van der Waals surface area (Å²) in [5.74, 6) is 0.0152. The monoisotopic (exact) mass is 300 g/mol. The third kappa shape index (κ3) is 4.24. The van der Waals surface area contributed by atoms with E-state index in [4.69, 9.17) is 4.74 Å². The summed E-state index contributed by atoms with van der Waals surface area (Å²) in [5.41, 5.74) is 3.17. The number of carbonyl (C=O) groups is 1. The van der Waals surface area contributed by atoms with E-state index in [0.29, 0.717) is 17.0 Å². The summed E-state index contributed by atoms with van der Waals surface area (Å²) in [7, 11) is 0. The Morgan fingerprint density at radius 2 is 1.91 bits per heavy atom. The van der Waals surface area contributed by atoms with Gasteiger partial charge in [-0.2, -0.15) is 5.10 Å². The van der Waals surface area contributed by atoms with E-state index in [0.717, 1.165) is 0 Å². The summed E-state index contributed by atoms with van der Waals surface area (Å²) in [5, 5.41) is 22.8. The number of hydrogen-bond donors (Lipinski definition) is 3. The predicted molar refractivity (Wildman–Crippen MR) is 82.1 cm³/mol. The predicted octanol–water partition coefficient (Wildman–Crippen LogP) is 2.02. The lowest BCUT2D eigenvalue weighted by atomic mass is 10.1. The number of para-hydroxylation sites is 1. The molecule has 1 amide bonds. The molecule has 0 aliphatic heterocycles. The van der Waals surface area contributed by atoms with Crippen LogP contribution in [-0.4, -0.2) is 28.4 Å². The van der Waals surface area contributed by atoms with Crippen molar-refractivity contribution >= 4 is 11.6 Å². The lowest BCUT2D eigenvalue weighted by molar-refractivity contribution is -0.123. The Morgan fingerprint density at radius 1 is 1.18 bits per heavy atom. The SMILES string of the molecule is C/C(=N/NC(=O)COc1ccccc1)c1ccc(O)cc1O. The largest absolute Gasteiger partial charge is 0.508 e. The minimum Gasteiger partial charge on any atom is -0.508 e. The number of carbonyl (C=O) groups excluding carboxylic acids is 1. The fourth-order valence-electron chi connectivity index (χ4n) is 1.73. The van der Waals surface area contributed by atoms with Crippen molar-refractivity contribution in [2.75, 3.05) is 6.61 Å². The number of benzene rings is 2. The summed E-state index contributed by atoms with van der Waals surface area (Å²) in [6.45, 7) is 1.47. The Labute approximate surface area is 127 Å². The number of nitrogens with zero attached hydrogens (tertiary/aromatic N) is 1. The maximum absolute atomic E-state index is 11.6. The number of nitrogens with one attached hydrogen (secondary N) is 1. The van der Waals surface area contributed by atoms with Crippen LogP contribution in [0.5, 0.6) is 17.2 Å². The molecular formula is C16H16N2O4. The van der Waals surface area contributed by atoms with Crippen LogP contribution in [0.15, 0.2) is 53.6 Å². The van der Waals surface area contributed by atoms with Gasteiger partial charge >= 0.3 is 0 Å². The molecule has 0 fully saturated rings. The highest BCUT2D eigenvalue weighted by molar-refractivity contribution is 6.01. The van der Waals surface area contributed by atoms with Crippen LogP contribution >= 0.6 is 0 Å². The van der Waals surface area contributed by atoms with E-state index in [9.17, 15) is 15.0 Å². The Kier molecular flexibility index (Phi) is 4.98. The minimum absolute atomic E-state index is 0.0469. The third-order valence-electron chi connectivity index (χ3n) is 2.83. The number of ether oxygens (including phenoxy) is 1. The van der Waals surface area contributed by atoms with Crippen LogP contribution < -0.4 is 10.2 Å². The van der Waals surface area contributed by atoms with E-state index in [2.05, 4.69) is 10.5 Å². The maximum atomic E-state index is 11.6. The first-order valence-corrected chi connectivity index (χ1v) is 6.59. The topological polar surface area (TPSA) is 91.2 Å². The fourth-order valence-corrected chi connectivity index (χ4v) is 1.73. The normalized spacial score (nSPS) is 11.0. The average molecular weight is 300 g/mol. The molecule has 22 heavy (non-hydrogen) atoms. The number of phenols is 2. The highest BCUT2D eigenvalue weighted by Gasteiger charge is 2.07. The smallest absolute Gasteiger partial charge is 0.277 e. The first kappa shape index (κ1) is 15.4. The Balaban J connectivity index is 1.91. The van der Waals surface area contributed by atoms with Gasteiger partial charge < -0.3 is 14.9 Å². The second-order valence-electron chi connectivity index (χ2n) is 4.54. The molecule has 0 heterocycles. The summed E-state index contributed by atoms with van der Waals surface area (Å²) >= 11 is 0. The molecule has 114 valence electrons. The molecular weight excluding hydrogens is 284 g/mol. The van der Waals surface area contributed by atoms with E-state index in [1.54, 1.807) is 19.1 Å². The Hall–Kier alpha value is -3.02. The molecule has 2 rings (SSSR count). The van der Waals surface area contributed by atoms with E-state index in [1.807, 2.05) is 18.2 Å². The second-order valence-corrected chi connectivity index (χ2v) is 4.54. The molecule has 0 bridgehead atoms. The molecule has 0 unspecified atom stereocenters. The quantitative estimate of drug-likeness (QED) is 0.582. The molecule has 0 aromatic heterocycles. The van der Waals surface area contributed by atoms with Crippen molar-refractivity contribution in [2.24, 2.45) is 5.10 Å². The van der Waals surface area contributed by atoms with Crippen LogP contribution in [0.25, 0.3) is 0 Å². The molecule has 0 aliphatic carbocycles. The van der Waals surface area contributed by atoms with Gasteiger partial charge in [0.2, 0.25) is 0 Å². The van der Waals surface area contributed by atoms with E-state index >= 15 is 0 Å². The molecule has 0 saturated carbocycles. The van der Waals surface area contributed by atoms with E-state index in [-0.39, 0.29) is 18.1 Å². The molecule has 0 saturated heterocycles. The van der Waals surface area contributed by atoms with Crippen molar-refractivity contribution in [1.29, 1.82) is 0 Å². The maximum Gasteiger partial charge on any atom is 0.277 e. The first-order valence-electron chi connectivity index (χ1n) is 6.59. The summed E-state index contributed by atoms with van der Waals surface area (Å²) in [4.78, 5) is 11.6. The van der Waals surface area contributed by atoms with Gasteiger partial charge in [-0.25, -0.2) is 5.43 Å². The van der Waals surface area contributed by atoms with Crippen LogP contribution in [0.2, 0.25) is 0 Å². The van der Waals surface area contributed by atoms with Gasteiger partial charge in [-0.15, -0.1) is 0 Å². The van der Waals surface area contributed by atoms with Crippen molar-refractivity contribution < 1.29 is 19.7 Å². The molecule has 2 aromatic carbocycles. The minimum atomic E-state index is -0.415. The van der Waals surface area contributed by atoms with Crippen molar-refractivity contribution in [3.8, 4) is 17.2 Å². The van der Waals surface area contributed by atoms with E-state index < -0.39 is 5.91 Å². The van der Waals surface area contributed by atoms with Crippen LogP contribution in [0, 0.1) is 0 Å². The van der Waals surface area contributed by atoms with Gasteiger partial charge in [0.05, 0.1) is 5.71 Å². The van der Waals surface area contributed by atoms with Crippen LogP contribution in [0.1, 0.15) is 12.5 Å². The van der Waals surface area contributed by atoms with E-state index in [1.165, 1.54) is 18.2 Å². The Morgan fingerprint density at radius 3 is 2.59 bits per heavy atom. The third-order valence-corrected chi connectivity index (χ3v) is 2.83. The van der Waals surface area contributed by atoms with Crippen molar-refractivity contribution in [1.82, 2.24) is 5.43 Å². The van der Waals surface area contributed by atoms with Crippen molar-refractivity contribution in [2.45, 2.75) is 6.92 Å². The molecule has 0 radical (unpaired) electrons. The highest BCUT2D eigenvalue weighted by atomic mass is 16.5. The highest BCUT2D eigenvalue weighted by Crippen LogP contribution is 2.22. The fraction of sp³-hybridized carbons (Fsp3) is 0.125. The molecule has 6 nitrogen and oxygen atoms in total. The lowest BCUT2D eigenvalue weighted by Gasteiger charge is -2.06. The van der Waals surface area contributed by atoms with Crippen LogP contribution in [0.4, 0.5) is 0 Å². The number of hydrazone groups is 1. The number of phenolic OH excluding ortho intramolecular Hbond substituents is 2. The van der Waals surface area contributed by atoms with Gasteiger partial charge in [0.15, 0.2) is 6.61 Å². The van der Waals surface area contributed by atoms with Gasteiger partial charge in [-0.05, 0) is 31.2 Å². The average Bonchev–Trinajstić information content (AvgIpc) is 2.51. The van der Waals surface area contributed by atoms with Gasteiger partial charge in [0.25, 0.3) is 5.91 Å². The number of amides is 1. The summed E-state index contributed by atoms with van der Waals surface area (Å²) < 4.78 is 5.28. The molecule has 3 N–H and O–H groups in total. The zero-order chi connectivity index (χ0) is 15.9. The molecule has 0 spiro atoms. The number of hydrogen-bond acceptors (Lipinski definition) is 5.